The zero-order valence-corrected chi connectivity index (χ0v) is 16.2. The minimum absolute atomic E-state index is 0.00370. The van der Waals surface area contributed by atoms with E-state index in [0.717, 1.165) is 32.5 Å². The summed E-state index contributed by atoms with van der Waals surface area (Å²) < 4.78 is 5.87. The number of nitrogens with one attached hydrogen (secondary N) is 1. The van der Waals surface area contributed by atoms with Gasteiger partial charge in [-0.1, -0.05) is 0 Å². The number of rotatable bonds is 4. The molecule has 4 rings (SSSR count). The maximum absolute atomic E-state index is 12.7. The molecule has 2 saturated heterocycles. The molecule has 2 atom stereocenters. The van der Waals surface area contributed by atoms with Crippen molar-refractivity contribution in [2.45, 2.75) is 38.6 Å². The van der Waals surface area contributed by atoms with Crippen LogP contribution in [0.15, 0.2) is 15.3 Å². The first-order valence-electron chi connectivity index (χ1n) is 10.1. The van der Waals surface area contributed by atoms with Gasteiger partial charge < -0.3 is 25.1 Å². The lowest BCUT2D eigenvalue weighted by Gasteiger charge is -2.32. The Balaban J connectivity index is 1.96. The van der Waals surface area contributed by atoms with E-state index in [1.54, 1.807) is 6.92 Å². The van der Waals surface area contributed by atoms with Gasteiger partial charge in [0.2, 0.25) is 0 Å². The number of aliphatic hydroxyl groups is 1. The Morgan fingerprint density at radius 1 is 1.25 bits per heavy atom. The quantitative estimate of drug-likeness (QED) is 0.633. The molecule has 2 aromatic rings. The molecular formula is C21H28N2O5. The summed E-state index contributed by atoms with van der Waals surface area (Å²) in [4.78, 5) is 14.9. The molecular weight excluding hydrogens is 360 g/mol. The van der Waals surface area contributed by atoms with Crippen molar-refractivity contribution in [2.24, 2.45) is 5.92 Å². The van der Waals surface area contributed by atoms with Gasteiger partial charge in [0.25, 0.3) is 0 Å². The highest BCUT2D eigenvalue weighted by Gasteiger charge is 2.34. The van der Waals surface area contributed by atoms with E-state index in [2.05, 4.69) is 10.2 Å². The first-order valence-corrected chi connectivity index (χ1v) is 10.1. The van der Waals surface area contributed by atoms with Gasteiger partial charge in [0.1, 0.15) is 28.2 Å². The molecule has 0 aliphatic carbocycles. The van der Waals surface area contributed by atoms with Crippen LogP contribution in [0, 0.1) is 12.8 Å². The Bertz CT molecular complexity index is 933. The summed E-state index contributed by atoms with van der Waals surface area (Å²) in [6, 6.07) is 1.37. The van der Waals surface area contributed by atoms with Gasteiger partial charge in [-0.25, -0.2) is 0 Å². The first kappa shape index (κ1) is 19.2. The second-order valence-corrected chi connectivity index (χ2v) is 8.04. The molecule has 0 bridgehead atoms. The van der Waals surface area contributed by atoms with E-state index < -0.39 is 0 Å². The predicted molar refractivity (Wildman–Crippen MR) is 106 cm³/mol. The van der Waals surface area contributed by atoms with Crippen LogP contribution in [0.4, 0.5) is 0 Å². The summed E-state index contributed by atoms with van der Waals surface area (Å²) in [7, 11) is 0. The number of benzene rings is 1. The molecule has 3 heterocycles. The van der Waals surface area contributed by atoms with Crippen LogP contribution in [0.25, 0.3) is 11.0 Å². The monoisotopic (exact) mass is 388 g/mol. The molecule has 0 spiro atoms. The van der Waals surface area contributed by atoms with Crippen LogP contribution in [-0.2, 0) is 6.54 Å². The normalized spacial score (nSPS) is 23.5. The van der Waals surface area contributed by atoms with Gasteiger partial charge in [-0.05, 0) is 51.7 Å². The van der Waals surface area contributed by atoms with Gasteiger partial charge in [0.15, 0.2) is 5.43 Å². The van der Waals surface area contributed by atoms with E-state index in [-0.39, 0.29) is 46.3 Å². The average Bonchev–Trinajstić information content (AvgIpc) is 3.18. The van der Waals surface area contributed by atoms with Gasteiger partial charge in [-0.15, -0.1) is 0 Å². The summed E-state index contributed by atoms with van der Waals surface area (Å²) in [5, 5.41) is 35.4. The standard InChI is InChI=1S/C21H28N2O5/c1-12-8-16(25)18-20(27)15(10-23-6-2-3-7-23)19(26)17(21(18)28-12)14-4-5-22-9-13(14)11-24/h8,13-14,22,24,26-27H,2-7,9-11H2,1H3. The molecule has 1 aromatic carbocycles. The lowest BCUT2D eigenvalue weighted by Crippen LogP contribution is -2.37. The third-order valence-electron chi connectivity index (χ3n) is 6.17. The molecule has 1 aromatic heterocycles. The molecule has 2 fully saturated rings. The fraction of sp³-hybridized carbons (Fsp3) is 0.571. The highest BCUT2D eigenvalue weighted by molar-refractivity contribution is 5.90. The summed E-state index contributed by atoms with van der Waals surface area (Å²) >= 11 is 0. The van der Waals surface area contributed by atoms with Crippen molar-refractivity contribution in [3.8, 4) is 11.5 Å². The Morgan fingerprint density at radius 2 is 2.00 bits per heavy atom. The minimum atomic E-state index is -0.311. The van der Waals surface area contributed by atoms with Crippen molar-refractivity contribution in [2.75, 3.05) is 32.8 Å². The fourth-order valence-corrected chi connectivity index (χ4v) is 4.71. The maximum atomic E-state index is 12.7. The maximum Gasteiger partial charge on any atom is 0.196 e. The Kier molecular flexibility index (Phi) is 5.31. The van der Waals surface area contributed by atoms with E-state index >= 15 is 0 Å². The van der Waals surface area contributed by atoms with E-state index in [9.17, 15) is 20.1 Å². The summed E-state index contributed by atoms with van der Waals surface area (Å²) in [5.74, 6) is -0.0174. The largest absolute Gasteiger partial charge is 0.507 e. The molecule has 0 saturated carbocycles. The van der Waals surface area contributed by atoms with E-state index in [1.165, 1.54) is 6.07 Å². The second kappa shape index (κ2) is 7.73. The molecule has 0 amide bonds. The van der Waals surface area contributed by atoms with E-state index in [4.69, 9.17) is 4.42 Å². The number of aromatic hydroxyl groups is 2. The minimum Gasteiger partial charge on any atom is -0.507 e. The summed E-state index contributed by atoms with van der Waals surface area (Å²) in [6.07, 6.45) is 2.88. The highest BCUT2D eigenvalue weighted by Crippen LogP contribution is 2.46. The van der Waals surface area contributed by atoms with Crippen LogP contribution in [0.2, 0.25) is 0 Å². The highest BCUT2D eigenvalue weighted by atomic mass is 16.3. The van der Waals surface area contributed by atoms with Crippen LogP contribution >= 0.6 is 0 Å². The van der Waals surface area contributed by atoms with Crippen LogP contribution in [-0.4, -0.2) is 53.0 Å². The zero-order chi connectivity index (χ0) is 19.8. The lowest BCUT2D eigenvalue weighted by molar-refractivity contribution is 0.178. The number of hydrogen-bond donors (Lipinski definition) is 4. The van der Waals surface area contributed by atoms with Gasteiger partial charge in [-0.2, -0.15) is 0 Å². The third-order valence-corrected chi connectivity index (χ3v) is 6.17. The number of nitrogens with zero attached hydrogens (tertiary/aromatic N) is 1. The van der Waals surface area contributed by atoms with Crippen LogP contribution < -0.4 is 10.7 Å². The Morgan fingerprint density at radius 3 is 2.71 bits per heavy atom. The number of phenolic OH excluding ortho intramolecular Hbond substituents is 2. The first-order chi connectivity index (χ1) is 13.5. The Hall–Kier alpha value is -2.09. The Labute approximate surface area is 163 Å². The SMILES string of the molecule is Cc1cc(=O)c2c(O)c(CN3CCCC3)c(O)c(C3CCNCC3CO)c2o1. The number of aliphatic hydroxyl groups excluding tert-OH is 1. The second-order valence-electron chi connectivity index (χ2n) is 8.04. The molecule has 7 heteroatoms. The summed E-state index contributed by atoms with van der Waals surface area (Å²) in [5.41, 5.74) is 0.865. The van der Waals surface area contributed by atoms with Crippen molar-refractivity contribution in [3.63, 3.8) is 0 Å². The number of likely N-dealkylation sites (tertiary alicyclic amines) is 1. The van der Waals surface area contributed by atoms with Gasteiger partial charge >= 0.3 is 0 Å². The van der Waals surface area contributed by atoms with Gasteiger partial charge in [0.05, 0.1) is 5.56 Å². The smallest absolute Gasteiger partial charge is 0.196 e. The molecule has 28 heavy (non-hydrogen) atoms. The van der Waals surface area contributed by atoms with Crippen LogP contribution in [0.1, 0.15) is 42.1 Å². The van der Waals surface area contributed by atoms with Crippen molar-refractivity contribution in [3.05, 3.63) is 33.2 Å². The fourth-order valence-electron chi connectivity index (χ4n) is 4.71. The molecule has 4 N–H and O–H groups in total. The molecule has 2 unspecified atom stereocenters. The van der Waals surface area contributed by atoms with Gasteiger partial charge in [0, 0.05) is 37.2 Å². The van der Waals surface area contributed by atoms with E-state index in [1.807, 2.05) is 0 Å². The number of piperidine rings is 1. The number of hydrogen-bond acceptors (Lipinski definition) is 7. The van der Waals surface area contributed by atoms with Gasteiger partial charge in [-0.3, -0.25) is 9.69 Å². The number of fused-ring (bicyclic) bond motifs is 1. The average molecular weight is 388 g/mol. The number of aryl methyl sites for hydroxylation is 1. The molecule has 0 radical (unpaired) electrons. The topological polar surface area (TPSA) is 106 Å². The van der Waals surface area contributed by atoms with Crippen molar-refractivity contribution < 1.29 is 19.7 Å². The van der Waals surface area contributed by atoms with Crippen LogP contribution in [0.3, 0.4) is 0 Å². The van der Waals surface area contributed by atoms with Crippen LogP contribution in [0.5, 0.6) is 11.5 Å². The predicted octanol–water partition coefficient (Wildman–Crippen LogP) is 1.79. The van der Waals surface area contributed by atoms with Crippen molar-refractivity contribution in [1.82, 2.24) is 10.2 Å². The van der Waals surface area contributed by atoms with E-state index in [0.29, 0.717) is 36.4 Å². The zero-order valence-electron chi connectivity index (χ0n) is 16.2. The summed E-state index contributed by atoms with van der Waals surface area (Å²) in [6.45, 7) is 5.23. The van der Waals surface area contributed by atoms with Crippen molar-refractivity contribution >= 4 is 11.0 Å². The number of phenols is 2. The molecule has 152 valence electrons. The molecule has 7 nitrogen and oxygen atoms in total. The van der Waals surface area contributed by atoms with Crippen molar-refractivity contribution in [1.29, 1.82) is 0 Å². The molecule has 2 aliphatic heterocycles. The molecule has 2 aliphatic rings. The third kappa shape index (κ3) is 3.27. The lowest BCUT2D eigenvalue weighted by atomic mass is 9.79.